The number of carbonyl (C=O) groups is 1. The molecule has 1 aromatic carbocycles. The monoisotopic (exact) mass is 250 g/mol. The SMILES string of the molecule is Cn1cc(COc2ccc(C(=O)O)cc2F)cn1. The highest BCUT2D eigenvalue weighted by Crippen LogP contribution is 2.19. The Morgan fingerprint density at radius 1 is 1.56 bits per heavy atom. The number of aryl methyl sites for hydroxylation is 1. The third-order valence-electron chi connectivity index (χ3n) is 2.33. The van der Waals surface area contributed by atoms with Gasteiger partial charge in [0, 0.05) is 18.8 Å². The molecule has 0 aliphatic carbocycles. The van der Waals surface area contributed by atoms with Gasteiger partial charge < -0.3 is 9.84 Å². The van der Waals surface area contributed by atoms with E-state index in [1.54, 1.807) is 24.1 Å². The van der Waals surface area contributed by atoms with Crippen molar-refractivity contribution in [3.05, 3.63) is 47.5 Å². The van der Waals surface area contributed by atoms with Gasteiger partial charge in [0.15, 0.2) is 11.6 Å². The predicted octanol–water partition coefficient (Wildman–Crippen LogP) is 1.84. The van der Waals surface area contributed by atoms with Crippen molar-refractivity contribution in [2.45, 2.75) is 6.61 Å². The maximum atomic E-state index is 13.5. The molecule has 1 N–H and O–H groups in total. The average molecular weight is 250 g/mol. The fourth-order valence-electron chi connectivity index (χ4n) is 1.46. The van der Waals surface area contributed by atoms with Gasteiger partial charge in [0.1, 0.15) is 6.61 Å². The normalized spacial score (nSPS) is 10.3. The van der Waals surface area contributed by atoms with Crippen LogP contribution in [0.5, 0.6) is 5.75 Å². The molecule has 1 aromatic heterocycles. The van der Waals surface area contributed by atoms with E-state index in [2.05, 4.69) is 5.10 Å². The Morgan fingerprint density at radius 3 is 2.89 bits per heavy atom. The zero-order valence-electron chi connectivity index (χ0n) is 9.63. The minimum absolute atomic E-state index is 0.0175. The second-order valence-corrected chi connectivity index (χ2v) is 3.76. The summed E-state index contributed by atoms with van der Waals surface area (Å²) in [5.41, 5.74) is 0.695. The highest BCUT2D eigenvalue weighted by molar-refractivity contribution is 5.87. The minimum atomic E-state index is -1.17. The summed E-state index contributed by atoms with van der Waals surface area (Å²) in [6.07, 6.45) is 3.37. The van der Waals surface area contributed by atoms with Crippen molar-refractivity contribution in [3.63, 3.8) is 0 Å². The van der Waals surface area contributed by atoms with Crippen LogP contribution < -0.4 is 4.74 Å². The zero-order chi connectivity index (χ0) is 13.1. The number of hydrogen-bond donors (Lipinski definition) is 1. The number of rotatable bonds is 4. The Hall–Kier alpha value is -2.37. The van der Waals surface area contributed by atoms with Gasteiger partial charge >= 0.3 is 5.97 Å². The van der Waals surface area contributed by atoms with Crippen LogP contribution in [0.15, 0.2) is 30.6 Å². The lowest BCUT2D eigenvalue weighted by Gasteiger charge is -2.06. The second kappa shape index (κ2) is 4.87. The molecule has 0 saturated heterocycles. The fraction of sp³-hybridized carbons (Fsp3) is 0.167. The third-order valence-corrected chi connectivity index (χ3v) is 2.33. The summed E-state index contributed by atoms with van der Waals surface area (Å²) >= 11 is 0. The first-order valence-electron chi connectivity index (χ1n) is 5.19. The summed E-state index contributed by atoms with van der Waals surface area (Å²) in [4.78, 5) is 10.6. The predicted molar refractivity (Wildman–Crippen MR) is 60.9 cm³/mol. The molecule has 0 atom stereocenters. The molecule has 0 bridgehead atoms. The first-order chi connectivity index (χ1) is 8.56. The molecule has 1 heterocycles. The molecule has 2 rings (SSSR count). The molecule has 94 valence electrons. The summed E-state index contributed by atoms with van der Waals surface area (Å²) < 4.78 is 20.4. The van der Waals surface area contributed by atoms with Crippen LogP contribution in [-0.2, 0) is 13.7 Å². The van der Waals surface area contributed by atoms with E-state index in [0.717, 1.165) is 11.6 Å². The van der Waals surface area contributed by atoms with Crippen molar-refractivity contribution >= 4 is 5.97 Å². The molecule has 5 nitrogen and oxygen atoms in total. The zero-order valence-corrected chi connectivity index (χ0v) is 9.63. The summed E-state index contributed by atoms with van der Waals surface area (Å²) in [6, 6.07) is 3.53. The van der Waals surface area contributed by atoms with Gasteiger partial charge in [-0.1, -0.05) is 0 Å². The van der Waals surface area contributed by atoms with E-state index in [4.69, 9.17) is 9.84 Å². The van der Waals surface area contributed by atoms with E-state index in [1.165, 1.54) is 12.1 Å². The van der Waals surface area contributed by atoms with Crippen molar-refractivity contribution in [1.29, 1.82) is 0 Å². The van der Waals surface area contributed by atoms with Crippen molar-refractivity contribution < 1.29 is 19.0 Å². The molecular weight excluding hydrogens is 239 g/mol. The molecule has 0 aliphatic rings. The van der Waals surface area contributed by atoms with Gasteiger partial charge in [0.25, 0.3) is 0 Å². The van der Waals surface area contributed by atoms with Gasteiger partial charge in [-0.3, -0.25) is 4.68 Å². The second-order valence-electron chi connectivity index (χ2n) is 3.76. The minimum Gasteiger partial charge on any atom is -0.486 e. The molecule has 0 aliphatic heterocycles. The fourth-order valence-corrected chi connectivity index (χ4v) is 1.46. The van der Waals surface area contributed by atoms with E-state index < -0.39 is 11.8 Å². The molecule has 2 aromatic rings. The molecule has 0 unspecified atom stereocenters. The number of ether oxygens (including phenoxy) is 1. The number of benzene rings is 1. The first kappa shape index (κ1) is 12.1. The lowest BCUT2D eigenvalue weighted by atomic mass is 10.2. The van der Waals surface area contributed by atoms with Gasteiger partial charge in [-0.2, -0.15) is 5.10 Å². The summed E-state index contributed by atoms with van der Waals surface area (Å²) in [5, 5.41) is 12.6. The molecule has 0 saturated carbocycles. The Morgan fingerprint density at radius 2 is 2.33 bits per heavy atom. The molecule has 18 heavy (non-hydrogen) atoms. The Labute approximate surface area is 102 Å². The number of hydrogen-bond acceptors (Lipinski definition) is 3. The van der Waals surface area contributed by atoms with Crippen LogP contribution in [0.25, 0.3) is 0 Å². The van der Waals surface area contributed by atoms with E-state index in [0.29, 0.717) is 0 Å². The standard InChI is InChI=1S/C12H11FN2O3/c1-15-6-8(5-14-15)7-18-11-3-2-9(12(16)17)4-10(11)13/h2-6H,7H2,1H3,(H,16,17). The van der Waals surface area contributed by atoms with Crippen molar-refractivity contribution in [3.8, 4) is 5.75 Å². The lowest BCUT2D eigenvalue weighted by molar-refractivity contribution is 0.0696. The van der Waals surface area contributed by atoms with Crippen LogP contribution >= 0.6 is 0 Å². The third kappa shape index (κ3) is 2.65. The van der Waals surface area contributed by atoms with Crippen LogP contribution in [0.2, 0.25) is 0 Å². The van der Waals surface area contributed by atoms with Gasteiger partial charge in [-0.15, -0.1) is 0 Å². The van der Waals surface area contributed by atoms with Crippen molar-refractivity contribution in [1.82, 2.24) is 9.78 Å². The number of carboxylic acid groups (broad SMARTS) is 1. The van der Waals surface area contributed by atoms with E-state index in [-0.39, 0.29) is 17.9 Å². The first-order valence-corrected chi connectivity index (χ1v) is 5.19. The highest BCUT2D eigenvalue weighted by atomic mass is 19.1. The smallest absolute Gasteiger partial charge is 0.335 e. The highest BCUT2D eigenvalue weighted by Gasteiger charge is 2.09. The molecule has 0 radical (unpaired) electrons. The Balaban J connectivity index is 2.08. The van der Waals surface area contributed by atoms with Crippen molar-refractivity contribution in [2.24, 2.45) is 7.05 Å². The average Bonchev–Trinajstić information content (AvgIpc) is 2.73. The quantitative estimate of drug-likeness (QED) is 0.899. The topological polar surface area (TPSA) is 64.3 Å². The molecule has 0 fully saturated rings. The van der Waals surface area contributed by atoms with Crippen LogP contribution in [0.4, 0.5) is 4.39 Å². The molecule has 0 amide bonds. The molecule has 6 heteroatoms. The van der Waals surface area contributed by atoms with E-state index >= 15 is 0 Å². The van der Waals surface area contributed by atoms with Gasteiger partial charge in [0.05, 0.1) is 11.8 Å². The maximum Gasteiger partial charge on any atom is 0.335 e. The van der Waals surface area contributed by atoms with Gasteiger partial charge in [-0.25, -0.2) is 9.18 Å². The summed E-state index contributed by atoms with van der Waals surface area (Å²) in [6.45, 7) is 0.178. The van der Waals surface area contributed by atoms with E-state index in [1.807, 2.05) is 0 Å². The largest absolute Gasteiger partial charge is 0.486 e. The number of aromatic carboxylic acids is 1. The van der Waals surface area contributed by atoms with Crippen LogP contribution in [0, 0.1) is 5.82 Å². The molecular formula is C12H11FN2O3. The summed E-state index contributed by atoms with van der Waals surface area (Å²) in [5.74, 6) is -1.85. The van der Waals surface area contributed by atoms with Crippen LogP contribution in [0.3, 0.4) is 0 Å². The van der Waals surface area contributed by atoms with E-state index in [9.17, 15) is 9.18 Å². The Bertz CT molecular complexity index is 580. The van der Waals surface area contributed by atoms with Gasteiger partial charge in [-0.05, 0) is 18.2 Å². The summed E-state index contributed by atoms with van der Waals surface area (Å²) in [7, 11) is 1.77. The number of halogens is 1. The maximum absolute atomic E-state index is 13.5. The lowest BCUT2D eigenvalue weighted by Crippen LogP contribution is -2.00. The molecule has 0 spiro atoms. The number of carboxylic acids is 1. The van der Waals surface area contributed by atoms with Gasteiger partial charge in [0.2, 0.25) is 0 Å². The van der Waals surface area contributed by atoms with Crippen molar-refractivity contribution in [2.75, 3.05) is 0 Å². The van der Waals surface area contributed by atoms with Crippen LogP contribution in [-0.4, -0.2) is 20.9 Å². The number of aromatic nitrogens is 2. The number of nitrogens with zero attached hydrogens (tertiary/aromatic N) is 2. The van der Waals surface area contributed by atoms with Crippen LogP contribution in [0.1, 0.15) is 15.9 Å². The Kier molecular flexibility index (Phi) is 3.27.